The Bertz CT molecular complexity index is 917. The highest BCUT2D eigenvalue weighted by molar-refractivity contribution is 6.15. The highest BCUT2D eigenvalue weighted by atomic mass is 16.1. The Morgan fingerprint density at radius 3 is 2.65 bits per heavy atom. The Hall–Kier alpha value is -2.94. The summed E-state index contributed by atoms with van der Waals surface area (Å²) in [7, 11) is 0. The Balaban J connectivity index is 1.64. The standard InChI is InChI=1S/C20H16N2O/c1-13-6-8-14(9-7-13)19-12-17(21-22-19)11-16-10-15-4-2-3-5-18(15)20(16)23/h2-9,11-12H,10H2,1H3,(H,21,22)/b16-11+. The zero-order valence-corrected chi connectivity index (χ0v) is 12.8. The first-order valence-electron chi connectivity index (χ1n) is 7.66. The van der Waals surface area contributed by atoms with Crippen LogP contribution in [0.2, 0.25) is 0 Å². The fourth-order valence-electron chi connectivity index (χ4n) is 2.94. The third-order valence-corrected chi connectivity index (χ3v) is 4.21. The van der Waals surface area contributed by atoms with Crippen LogP contribution in [-0.2, 0) is 6.42 Å². The number of aromatic nitrogens is 2. The van der Waals surface area contributed by atoms with E-state index in [9.17, 15) is 4.79 Å². The van der Waals surface area contributed by atoms with Gasteiger partial charge < -0.3 is 0 Å². The molecule has 3 heteroatoms. The maximum absolute atomic E-state index is 12.4. The molecule has 1 aliphatic rings. The van der Waals surface area contributed by atoms with Crippen molar-refractivity contribution in [3.8, 4) is 11.3 Å². The van der Waals surface area contributed by atoms with Gasteiger partial charge >= 0.3 is 0 Å². The minimum atomic E-state index is 0.118. The monoisotopic (exact) mass is 300 g/mol. The molecule has 23 heavy (non-hydrogen) atoms. The molecule has 0 aliphatic heterocycles. The zero-order chi connectivity index (χ0) is 15.8. The van der Waals surface area contributed by atoms with E-state index in [1.807, 2.05) is 36.4 Å². The van der Waals surface area contributed by atoms with Gasteiger partial charge in [-0.2, -0.15) is 5.10 Å². The normalized spacial score (nSPS) is 15.2. The van der Waals surface area contributed by atoms with Crippen LogP contribution in [0.25, 0.3) is 17.3 Å². The van der Waals surface area contributed by atoms with Crippen molar-refractivity contribution in [2.75, 3.05) is 0 Å². The number of aromatic amines is 1. The summed E-state index contributed by atoms with van der Waals surface area (Å²) in [6.45, 7) is 2.06. The molecule has 0 saturated carbocycles. The van der Waals surface area contributed by atoms with E-state index in [-0.39, 0.29) is 5.78 Å². The average molecular weight is 300 g/mol. The lowest BCUT2D eigenvalue weighted by molar-refractivity contribution is 0.104. The maximum Gasteiger partial charge on any atom is 0.189 e. The maximum atomic E-state index is 12.4. The number of ketones is 1. The fraction of sp³-hybridized carbons (Fsp3) is 0.100. The molecule has 0 radical (unpaired) electrons. The van der Waals surface area contributed by atoms with Gasteiger partial charge in [0.2, 0.25) is 0 Å². The van der Waals surface area contributed by atoms with Gasteiger partial charge in [-0.1, -0.05) is 54.1 Å². The van der Waals surface area contributed by atoms with Crippen molar-refractivity contribution in [1.82, 2.24) is 10.2 Å². The highest BCUT2D eigenvalue weighted by Gasteiger charge is 2.24. The Morgan fingerprint density at radius 2 is 1.87 bits per heavy atom. The molecule has 0 fully saturated rings. The van der Waals surface area contributed by atoms with E-state index >= 15 is 0 Å². The molecule has 2 aromatic carbocycles. The van der Waals surface area contributed by atoms with Crippen molar-refractivity contribution in [3.05, 3.63) is 82.6 Å². The number of carbonyl (C=O) groups excluding carboxylic acids is 1. The number of rotatable bonds is 2. The topological polar surface area (TPSA) is 45.8 Å². The van der Waals surface area contributed by atoms with Gasteiger partial charge in [0.25, 0.3) is 0 Å². The Kier molecular flexibility index (Phi) is 3.19. The zero-order valence-electron chi connectivity index (χ0n) is 12.8. The van der Waals surface area contributed by atoms with Crippen LogP contribution in [0, 0.1) is 6.92 Å². The molecule has 0 saturated heterocycles. The number of nitrogens with zero attached hydrogens (tertiary/aromatic N) is 1. The predicted molar refractivity (Wildman–Crippen MR) is 91.2 cm³/mol. The molecule has 1 aliphatic carbocycles. The van der Waals surface area contributed by atoms with E-state index < -0.39 is 0 Å². The summed E-state index contributed by atoms with van der Waals surface area (Å²) >= 11 is 0. The van der Waals surface area contributed by atoms with E-state index in [1.54, 1.807) is 0 Å². The molecule has 0 spiro atoms. The number of Topliss-reactive ketones (excluding diaryl/α,β-unsaturated/α-hetero) is 1. The van der Waals surface area contributed by atoms with Gasteiger partial charge in [-0.15, -0.1) is 0 Å². The Morgan fingerprint density at radius 1 is 1.09 bits per heavy atom. The molecular weight excluding hydrogens is 284 g/mol. The summed E-state index contributed by atoms with van der Waals surface area (Å²) in [6, 6.07) is 18.0. The molecule has 1 aromatic heterocycles. The molecule has 3 aromatic rings. The number of fused-ring (bicyclic) bond motifs is 1. The first-order valence-corrected chi connectivity index (χ1v) is 7.66. The number of hydrogen-bond acceptors (Lipinski definition) is 2. The van der Waals surface area contributed by atoms with Crippen LogP contribution >= 0.6 is 0 Å². The lowest BCUT2D eigenvalue weighted by Gasteiger charge is -1.96. The largest absolute Gasteiger partial charge is 0.289 e. The number of aryl methyl sites for hydroxylation is 1. The number of allylic oxidation sites excluding steroid dienone is 1. The molecule has 0 bridgehead atoms. The second kappa shape index (κ2) is 5.36. The molecule has 0 atom stereocenters. The molecule has 3 nitrogen and oxygen atoms in total. The predicted octanol–water partition coefficient (Wildman–Crippen LogP) is 4.21. The Labute approximate surface area is 134 Å². The summed E-state index contributed by atoms with van der Waals surface area (Å²) in [4.78, 5) is 12.4. The van der Waals surface area contributed by atoms with Gasteiger partial charge in [0.1, 0.15) is 0 Å². The number of nitrogens with one attached hydrogen (secondary N) is 1. The lowest BCUT2D eigenvalue weighted by atomic mass is 10.1. The van der Waals surface area contributed by atoms with Crippen LogP contribution < -0.4 is 0 Å². The van der Waals surface area contributed by atoms with Crippen LogP contribution in [0.4, 0.5) is 0 Å². The summed E-state index contributed by atoms with van der Waals surface area (Å²) < 4.78 is 0. The van der Waals surface area contributed by atoms with Crippen LogP contribution in [-0.4, -0.2) is 16.0 Å². The number of H-pyrrole nitrogens is 1. The fourth-order valence-corrected chi connectivity index (χ4v) is 2.94. The van der Waals surface area contributed by atoms with Crippen molar-refractivity contribution in [2.24, 2.45) is 0 Å². The van der Waals surface area contributed by atoms with Gasteiger partial charge in [-0.25, -0.2) is 0 Å². The van der Waals surface area contributed by atoms with Crippen molar-refractivity contribution < 1.29 is 4.79 Å². The number of benzene rings is 2. The summed E-state index contributed by atoms with van der Waals surface area (Å²) in [6.07, 6.45) is 2.60. The third-order valence-electron chi connectivity index (χ3n) is 4.21. The van der Waals surface area contributed by atoms with Gasteiger partial charge in [-0.3, -0.25) is 9.89 Å². The molecule has 1 heterocycles. The second-order valence-electron chi connectivity index (χ2n) is 5.91. The summed E-state index contributed by atoms with van der Waals surface area (Å²) in [5.41, 5.74) is 6.76. The minimum absolute atomic E-state index is 0.118. The minimum Gasteiger partial charge on any atom is -0.289 e. The van der Waals surface area contributed by atoms with Crippen LogP contribution in [0.5, 0.6) is 0 Å². The van der Waals surface area contributed by atoms with E-state index in [0.29, 0.717) is 6.42 Å². The summed E-state index contributed by atoms with van der Waals surface area (Å²) in [5, 5.41) is 7.37. The molecular formula is C20H16N2O. The lowest BCUT2D eigenvalue weighted by Crippen LogP contribution is -1.94. The molecule has 0 amide bonds. The van der Waals surface area contributed by atoms with Crippen molar-refractivity contribution in [3.63, 3.8) is 0 Å². The SMILES string of the molecule is Cc1ccc(-c2cc(/C=C3\Cc4ccccc4C3=O)[nH]n2)cc1. The van der Waals surface area contributed by atoms with Crippen molar-refractivity contribution in [1.29, 1.82) is 0 Å². The van der Waals surface area contributed by atoms with E-state index in [0.717, 1.165) is 33.7 Å². The van der Waals surface area contributed by atoms with Gasteiger partial charge in [0.15, 0.2) is 5.78 Å². The van der Waals surface area contributed by atoms with E-state index in [4.69, 9.17) is 0 Å². The molecule has 0 unspecified atom stereocenters. The smallest absolute Gasteiger partial charge is 0.189 e. The quantitative estimate of drug-likeness (QED) is 0.721. The third kappa shape index (κ3) is 2.50. The van der Waals surface area contributed by atoms with Gasteiger partial charge in [0.05, 0.1) is 11.4 Å². The first kappa shape index (κ1) is 13.7. The highest BCUT2D eigenvalue weighted by Crippen LogP contribution is 2.28. The van der Waals surface area contributed by atoms with Crippen molar-refractivity contribution >= 4 is 11.9 Å². The van der Waals surface area contributed by atoms with Crippen LogP contribution in [0.1, 0.15) is 27.2 Å². The van der Waals surface area contributed by atoms with Gasteiger partial charge in [-0.05, 0) is 24.6 Å². The average Bonchev–Trinajstić information content (AvgIpc) is 3.15. The number of carbonyl (C=O) groups is 1. The second-order valence-corrected chi connectivity index (χ2v) is 5.91. The van der Waals surface area contributed by atoms with Crippen molar-refractivity contribution in [2.45, 2.75) is 13.3 Å². The first-order chi connectivity index (χ1) is 11.2. The molecule has 4 rings (SSSR count). The summed E-state index contributed by atoms with van der Waals surface area (Å²) in [5.74, 6) is 0.118. The molecule has 112 valence electrons. The van der Waals surface area contributed by atoms with E-state index in [1.165, 1.54) is 5.56 Å². The molecule has 1 N–H and O–H groups in total. The van der Waals surface area contributed by atoms with Crippen LogP contribution in [0.15, 0.2) is 60.2 Å². The number of hydrogen-bond donors (Lipinski definition) is 1. The van der Waals surface area contributed by atoms with Gasteiger partial charge in [0, 0.05) is 23.1 Å². The van der Waals surface area contributed by atoms with E-state index in [2.05, 4.69) is 41.4 Å². The van der Waals surface area contributed by atoms with Crippen LogP contribution in [0.3, 0.4) is 0 Å².